The van der Waals surface area contributed by atoms with E-state index >= 15 is 0 Å². The number of amides is 1. The third kappa shape index (κ3) is 4.21. The standard InChI is InChI=1S/C17H15BrN2O4S/c1-22-13-4-2-10(8-12(13)18)16(21)20-17(25)19-11-3-5-14-15(9-11)24-7-6-23-14/h2-5,8-9H,6-7H2,1H3,(H2,19,20,21,25). The molecule has 0 saturated carbocycles. The molecule has 0 spiro atoms. The molecule has 2 N–H and O–H groups in total. The van der Waals surface area contributed by atoms with E-state index < -0.39 is 0 Å². The number of benzene rings is 2. The minimum absolute atomic E-state index is 0.189. The Balaban J connectivity index is 1.64. The van der Waals surface area contributed by atoms with Gasteiger partial charge in [0.05, 0.1) is 11.6 Å². The number of hydrogen-bond acceptors (Lipinski definition) is 5. The first-order valence-corrected chi connectivity index (χ1v) is 8.62. The zero-order valence-corrected chi connectivity index (χ0v) is 15.7. The predicted octanol–water partition coefficient (Wildman–Crippen LogP) is 3.36. The molecule has 0 aliphatic carbocycles. The lowest BCUT2D eigenvalue weighted by molar-refractivity contribution is 0.0977. The van der Waals surface area contributed by atoms with Gasteiger partial charge in [-0.25, -0.2) is 0 Å². The van der Waals surface area contributed by atoms with Crippen molar-refractivity contribution in [3.8, 4) is 17.2 Å². The summed E-state index contributed by atoms with van der Waals surface area (Å²) in [6, 6.07) is 10.4. The molecule has 1 aliphatic rings. The quantitative estimate of drug-likeness (QED) is 0.739. The molecule has 25 heavy (non-hydrogen) atoms. The molecular weight excluding hydrogens is 408 g/mol. The maximum absolute atomic E-state index is 12.3. The maximum atomic E-state index is 12.3. The summed E-state index contributed by atoms with van der Waals surface area (Å²) < 4.78 is 16.8. The first-order chi connectivity index (χ1) is 12.1. The van der Waals surface area contributed by atoms with Gasteiger partial charge in [0.1, 0.15) is 19.0 Å². The lowest BCUT2D eigenvalue weighted by Crippen LogP contribution is -2.34. The highest BCUT2D eigenvalue weighted by atomic mass is 79.9. The van der Waals surface area contributed by atoms with Crippen molar-refractivity contribution in [2.75, 3.05) is 25.6 Å². The number of rotatable bonds is 3. The molecule has 0 fully saturated rings. The summed E-state index contributed by atoms with van der Waals surface area (Å²) in [4.78, 5) is 12.3. The molecule has 2 aromatic carbocycles. The molecule has 130 valence electrons. The maximum Gasteiger partial charge on any atom is 0.257 e. The largest absolute Gasteiger partial charge is 0.496 e. The van der Waals surface area contributed by atoms with Crippen molar-refractivity contribution < 1.29 is 19.0 Å². The van der Waals surface area contributed by atoms with Crippen LogP contribution in [0.25, 0.3) is 0 Å². The van der Waals surface area contributed by atoms with E-state index in [2.05, 4.69) is 26.6 Å². The van der Waals surface area contributed by atoms with Crippen molar-refractivity contribution in [2.24, 2.45) is 0 Å². The van der Waals surface area contributed by atoms with Crippen LogP contribution in [0.15, 0.2) is 40.9 Å². The van der Waals surface area contributed by atoms with Gasteiger partial charge in [-0.2, -0.15) is 0 Å². The molecule has 0 saturated heterocycles. The summed E-state index contributed by atoms with van der Waals surface area (Å²) in [6.07, 6.45) is 0. The second kappa shape index (κ2) is 7.71. The van der Waals surface area contributed by atoms with Crippen LogP contribution >= 0.6 is 28.1 Å². The fraction of sp³-hybridized carbons (Fsp3) is 0.176. The monoisotopic (exact) mass is 422 g/mol. The molecule has 1 aliphatic heterocycles. The van der Waals surface area contributed by atoms with Crippen LogP contribution in [0.1, 0.15) is 10.4 Å². The Kier molecular flexibility index (Phi) is 5.40. The van der Waals surface area contributed by atoms with Gasteiger partial charge < -0.3 is 19.5 Å². The van der Waals surface area contributed by atoms with Crippen LogP contribution in [0.5, 0.6) is 17.2 Å². The zero-order chi connectivity index (χ0) is 17.8. The molecule has 0 radical (unpaired) electrons. The minimum atomic E-state index is -0.321. The summed E-state index contributed by atoms with van der Waals surface area (Å²) in [5.41, 5.74) is 1.16. The van der Waals surface area contributed by atoms with E-state index in [0.29, 0.717) is 46.2 Å². The van der Waals surface area contributed by atoms with Crippen LogP contribution in [-0.4, -0.2) is 31.3 Å². The summed E-state index contributed by atoms with van der Waals surface area (Å²) in [5.74, 6) is 1.66. The van der Waals surface area contributed by atoms with Crippen LogP contribution < -0.4 is 24.8 Å². The predicted molar refractivity (Wildman–Crippen MR) is 102 cm³/mol. The molecule has 0 bridgehead atoms. The number of methoxy groups -OCH3 is 1. The van der Waals surface area contributed by atoms with Crippen molar-refractivity contribution in [2.45, 2.75) is 0 Å². The van der Waals surface area contributed by atoms with Gasteiger partial charge in [0.2, 0.25) is 0 Å². The number of fused-ring (bicyclic) bond motifs is 1. The molecule has 0 unspecified atom stereocenters. The van der Waals surface area contributed by atoms with E-state index in [9.17, 15) is 4.79 Å². The fourth-order valence-corrected chi connectivity index (χ4v) is 3.02. The molecular formula is C17H15BrN2O4S. The summed E-state index contributed by atoms with van der Waals surface area (Å²) in [6.45, 7) is 1.04. The molecule has 6 nitrogen and oxygen atoms in total. The minimum Gasteiger partial charge on any atom is -0.496 e. The molecule has 8 heteroatoms. The second-order valence-electron chi connectivity index (χ2n) is 5.12. The third-order valence-electron chi connectivity index (χ3n) is 3.44. The molecule has 2 aromatic rings. The van der Waals surface area contributed by atoms with Crippen LogP contribution in [0.3, 0.4) is 0 Å². The first kappa shape index (κ1) is 17.5. The van der Waals surface area contributed by atoms with Gasteiger partial charge in [-0.05, 0) is 58.5 Å². The van der Waals surface area contributed by atoms with E-state index in [1.807, 2.05) is 0 Å². The van der Waals surface area contributed by atoms with Gasteiger partial charge in [-0.3, -0.25) is 10.1 Å². The lowest BCUT2D eigenvalue weighted by Gasteiger charge is -2.19. The van der Waals surface area contributed by atoms with Gasteiger partial charge in [0.25, 0.3) is 5.91 Å². The highest BCUT2D eigenvalue weighted by molar-refractivity contribution is 9.10. The lowest BCUT2D eigenvalue weighted by atomic mass is 10.2. The normalized spacial score (nSPS) is 12.2. The number of carbonyl (C=O) groups excluding carboxylic acids is 1. The smallest absolute Gasteiger partial charge is 0.257 e. The van der Waals surface area contributed by atoms with Gasteiger partial charge in [-0.1, -0.05) is 0 Å². The number of halogens is 1. The van der Waals surface area contributed by atoms with Crippen molar-refractivity contribution >= 4 is 44.9 Å². The van der Waals surface area contributed by atoms with E-state index in [4.69, 9.17) is 26.4 Å². The molecule has 0 atom stereocenters. The Morgan fingerprint density at radius 3 is 2.64 bits per heavy atom. The number of carbonyl (C=O) groups is 1. The zero-order valence-electron chi connectivity index (χ0n) is 13.3. The average molecular weight is 423 g/mol. The number of anilines is 1. The van der Waals surface area contributed by atoms with Crippen LogP contribution in [0.4, 0.5) is 5.69 Å². The van der Waals surface area contributed by atoms with Crippen molar-refractivity contribution in [3.05, 3.63) is 46.4 Å². The Morgan fingerprint density at radius 2 is 1.92 bits per heavy atom. The van der Waals surface area contributed by atoms with E-state index in [1.54, 1.807) is 43.5 Å². The summed E-state index contributed by atoms with van der Waals surface area (Å²) in [5, 5.41) is 5.78. The van der Waals surface area contributed by atoms with Crippen molar-refractivity contribution in [1.82, 2.24) is 5.32 Å². The second-order valence-corrected chi connectivity index (χ2v) is 6.38. The number of hydrogen-bond donors (Lipinski definition) is 2. The van der Waals surface area contributed by atoms with E-state index in [0.717, 1.165) is 0 Å². The van der Waals surface area contributed by atoms with Gasteiger partial charge in [0, 0.05) is 17.3 Å². The van der Waals surface area contributed by atoms with Crippen LogP contribution in [-0.2, 0) is 0 Å². The average Bonchev–Trinajstić information content (AvgIpc) is 2.61. The Labute approximate surface area is 158 Å². The Bertz CT molecular complexity index is 828. The van der Waals surface area contributed by atoms with Gasteiger partial charge in [0.15, 0.2) is 16.6 Å². The fourth-order valence-electron chi connectivity index (χ4n) is 2.27. The Morgan fingerprint density at radius 1 is 1.16 bits per heavy atom. The number of thiocarbonyl (C=S) groups is 1. The highest BCUT2D eigenvalue weighted by Gasteiger charge is 2.14. The van der Waals surface area contributed by atoms with Crippen LogP contribution in [0.2, 0.25) is 0 Å². The van der Waals surface area contributed by atoms with Crippen molar-refractivity contribution in [3.63, 3.8) is 0 Å². The van der Waals surface area contributed by atoms with Crippen LogP contribution in [0, 0.1) is 0 Å². The van der Waals surface area contributed by atoms with Gasteiger partial charge >= 0.3 is 0 Å². The Hall–Kier alpha value is -2.32. The summed E-state index contributed by atoms with van der Waals surface area (Å²) >= 11 is 8.55. The van der Waals surface area contributed by atoms with E-state index in [1.165, 1.54) is 0 Å². The molecule has 0 aromatic heterocycles. The van der Waals surface area contributed by atoms with Gasteiger partial charge in [-0.15, -0.1) is 0 Å². The molecule has 3 rings (SSSR count). The number of nitrogens with one attached hydrogen (secondary N) is 2. The molecule has 1 amide bonds. The van der Waals surface area contributed by atoms with E-state index in [-0.39, 0.29) is 11.0 Å². The summed E-state index contributed by atoms with van der Waals surface area (Å²) in [7, 11) is 1.56. The topological polar surface area (TPSA) is 68.8 Å². The SMILES string of the molecule is COc1ccc(C(=O)NC(=S)Nc2ccc3c(c2)OCCO3)cc1Br. The molecule has 1 heterocycles. The number of ether oxygens (including phenoxy) is 3. The first-order valence-electron chi connectivity index (χ1n) is 7.42. The van der Waals surface area contributed by atoms with Crippen molar-refractivity contribution in [1.29, 1.82) is 0 Å². The third-order valence-corrected chi connectivity index (χ3v) is 4.26. The highest BCUT2D eigenvalue weighted by Crippen LogP contribution is 2.32.